The largest absolute Gasteiger partial charge is 0.496 e. The summed E-state index contributed by atoms with van der Waals surface area (Å²) in [5.41, 5.74) is 7.35. The molecule has 0 radical (unpaired) electrons. The Morgan fingerprint density at radius 2 is 1.57 bits per heavy atom. The van der Waals surface area contributed by atoms with Crippen molar-refractivity contribution in [2.24, 2.45) is 0 Å². The van der Waals surface area contributed by atoms with Gasteiger partial charge < -0.3 is 9.47 Å². The van der Waals surface area contributed by atoms with Crippen LogP contribution in [-0.2, 0) is 4.79 Å². The summed E-state index contributed by atoms with van der Waals surface area (Å²) in [7, 11) is 1.56. The molecule has 3 aromatic rings. The number of benzene rings is 3. The second-order valence-corrected chi connectivity index (χ2v) is 7.61. The molecule has 7 heteroatoms. The average Bonchev–Trinajstić information content (AvgIpc) is 2.78. The zero-order valence-corrected chi connectivity index (χ0v) is 18.7. The Morgan fingerprint density at radius 3 is 2.20 bits per heavy atom. The first-order valence-electron chi connectivity index (χ1n) is 9.24. The number of nitrogens with one attached hydrogen (secondary N) is 2. The molecule has 6 nitrogen and oxygen atoms in total. The van der Waals surface area contributed by atoms with Crippen molar-refractivity contribution in [3.05, 3.63) is 81.9 Å². The first-order chi connectivity index (χ1) is 14.5. The third kappa shape index (κ3) is 5.50. The topological polar surface area (TPSA) is 76.7 Å². The van der Waals surface area contributed by atoms with E-state index in [2.05, 4.69) is 33.4 Å². The van der Waals surface area contributed by atoms with Crippen molar-refractivity contribution in [1.29, 1.82) is 0 Å². The second-order valence-electron chi connectivity index (χ2n) is 6.44. The molecular formula is C23H21IN2O4. The van der Waals surface area contributed by atoms with Gasteiger partial charge >= 0.3 is 0 Å². The van der Waals surface area contributed by atoms with Gasteiger partial charge in [-0.3, -0.25) is 20.4 Å². The lowest BCUT2D eigenvalue weighted by molar-refractivity contribution is -0.128. The van der Waals surface area contributed by atoms with Gasteiger partial charge in [-0.25, -0.2) is 0 Å². The van der Waals surface area contributed by atoms with Crippen LogP contribution in [0.25, 0.3) is 11.1 Å². The minimum Gasteiger partial charge on any atom is -0.496 e. The predicted octanol–water partition coefficient (Wildman–Crippen LogP) is 4.20. The minimum absolute atomic E-state index is 0.408. The van der Waals surface area contributed by atoms with Crippen molar-refractivity contribution in [3.8, 4) is 22.6 Å². The van der Waals surface area contributed by atoms with Crippen molar-refractivity contribution in [1.82, 2.24) is 10.9 Å². The molecule has 0 saturated heterocycles. The molecule has 0 fully saturated rings. The molecule has 0 saturated carbocycles. The van der Waals surface area contributed by atoms with Gasteiger partial charge in [0.25, 0.3) is 11.8 Å². The van der Waals surface area contributed by atoms with E-state index in [0.717, 1.165) is 14.7 Å². The predicted molar refractivity (Wildman–Crippen MR) is 123 cm³/mol. The summed E-state index contributed by atoms with van der Waals surface area (Å²) in [6, 6.07) is 22.5. The second kappa shape index (κ2) is 10.1. The van der Waals surface area contributed by atoms with E-state index in [4.69, 9.17) is 9.47 Å². The monoisotopic (exact) mass is 516 g/mol. The number of hydrazine groups is 1. The van der Waals surface area contributed by atoms with Gasteiger partial charge in [-0.2, -0.15) is 0 Å². The molecule has 3 aromatic carbocycles. The van der Waals surface area contributed by atoms with Crippen molar-refractivity contribution < 1.29 is 19.1 Å². The van der Waals surface area contributed by atoms with Crippen molar-refractivity contribution in [2.75, 3.05) is 7.11 Å². The molecule has 0 bridgehead atoms. The zero-order valence-electron chi connectivity index (χ0n) is 16.5. The molecule has 154 valence electrons. The third-order valence-electron chi connectivity index (χ3n) is 4.36. The van der Waals surface area contributed by atoms with Crippen LogP contribution in [-0.4, -0.2) is 25.0 Å². The number of carbonyl (C=O) groups is 2. The molecule has 30 heavy (non-hydrogen) atoms. The Morgan fingerprint density at radius 1 is 0.900 bits per heavy atom. The van der Waals surface area contributed by atoms with E-state index >= 15 is 0 Å². The molecule has 3 rings (SSSR count). The van der Waals surface area contributed by atoms with Gasteiger partial charge in [0.15, 0.2) is 6.10 Å². The molecule has 2 amide bonds. The van der Waals surface area contributed by atoms with Crippen molar-refractivity contribution >= 4 is 34.4 Å². The zero-order chi connectivity index (χ0) is 21.5. The highest BCUT2D eigenvalue weighted by Crippen LogP contribution is 2.23. The molecular weight excluding hydrogens is 495 g/mol. The summed E-state index contributed by atoms with van der Waals surface area (Å²) in [5.74, 6) is 0.354. The number of hydrogen-bond donors (Lipinski definition) is 2. The Balaban J connectivity index is 1.53. The van der Waals surface area contributed by atoms with E-state index < -0.39 is 17.9 Å². The molecule has 0 aliphatic carbocycles. The van der Waals surface area contributed by atoms with E-state index in [1.54, 1.807) is 32.2 Å². The summed E-state index contributed by atoms with van der Waals surface area (Å²) in [6.45, 7) is 1.61. The first kappa shape index (κ1) is 21.6. The molecule has 1 atom stereocenters. The van der Waals surface area contributed by atoms with Crippen LogP contribution in [0.4, 0.5) is 0 Å². The third-order valence-corrected chi connectivity index (χ3v) is 5.20. The smallest absolute Gasteiger partial charge is 0.279 e. The molecule has 0 heterocycles. The van der Waals surface area contributed by atoms with Crippen LogP contribution in [0, 0.1) is 3.57 Å². The molecule has 1 unspecified atom stereocenters. The number of hydrogen-bond acceptors (Lipinski definition) is 4. The van der Waals surface area contributed by atoms with Gasteiger partial charge in [-0.05, 0) is 71.0 Å². The summed E-state index contributed by atoms with van der Waals surface area (Å²) >= 11 is 2.08. The molecule has 0 aromatic heterocycles. The quantitative estimate of drug-likeness (QED) is 0.381. The van der Waals surface area contributed by atoms with Crippen LogP contribution in [0.1, 0.15) is 17.3 Å². The SMILES string of the molecule is COc1ccc(C(=O)NNC(=O)C(C)Oc2ccc(-c3ccccc3)cc2)cc1I. The molecule has 0 aliphatic heterocycles. The van der Waals surface area contributed by atoms with Crippen LogP contribution in [0.15, 0.2) is 72.8 Å². The number of ether oxygens (including phenoxy) is 2. The maximum absolute atomic E-state index is 12.3. The lowest BCUT2D eigenvalue weighted by Gasteiger charge is -2.15. The summed E-state index contributed by atoms with van der Waals surface area (Å²) in [4.78, 5) is 24.5. The van der Waals surface area contributed by atoms with E-state index in [0.29, 0.717) is 17.1 Å². The minimum atomic E-state index is -0.788. The van der Waals surface area contributed by atoms with Crippen LogP contribution >= 0.6 is 22.6 Å². The average molecular weight is 516 g/mol. The van der Waals surface area contributed by atoms with Gasteiger partial charge in [-0.15, -0.1) is 0 Å². The maximum atomic E-state index is 12.3. The van der Waals surface area contributed by atoms with E-state index in [-0.39, 0.29) is 0 Å². The Hall–Kier alpha value is -3.07. The van der Waals surface area contributed by atoms with Crippen molar-refractivity contribution in [3.63, 3.8) is 0 Å². The number of rotatable bonds is 6. The van der Waals surface area contributed by atoms with Gasteiger partial charge in [0.05, 0.1) is 10.7 Å². The lowest BCUT2D eigenvalue weighted by Crippen LogP contribution is -2.47. The molecule has 0 spiro atoms. The highest BCUT2D eigenvalue weighted by atomic mass is 127. The standard InChI is InChI=1S/C23H21IN2O4/c1-15(30-19-11-8-17(9-12-19)16-6-4-3-5-7-16)22(27)25-26-23(28)18-10-13-21(29-2)20(24)14-18/h3-15H,1-2H3,(H,25,27)(H,26,28). The number of methoxy groups -OCH3 is 1. The van der Waals surface area contributed by atoms with Crippen LogP contribution in [0.2, 0.25) is 0 Å². The fourth-order valence-corrected chi connectivity index (χ4v) is 3.45. The maximum Gasteiger partial charge on any atom is 0.279 e. The van der Waals surface area contributed by atoms with E-state index in [1.807, 2.05) is 54.6 Å². The lowest BCUT2D eigenvalue weighted by atomic mass is 10.1. The van der Waals surface area contributed by atoms with Crippen LogP contribution in [0.3, 0.4) is 0 Å². The van der Waals surface area contributed by atoms with Crippen LogP contribution in [0.5, 0.6) is 11.5 Å². The van der Waals surface area contributed by atoms with Gasteiger partial charge in [0.2, 0.25) is 0 Å². The van der Waals surface area contributed by atoms with E-state index in [9.17, 15) is 9.59 Å². The van der Waals surface area contributed by atoms with Gasteiger partial charge in [0, 0.05) is 5.56 Å². The van der Waals surface area contributed by atoms with Crippen molar-refractivity contribution in [2.45, 2.75) is 13.0 Å². The fourth-order valence-electron chi connectivity index (χ4n) is 2.71. The highest BCUT2D eigenvalue weighted by Gasteiger charge is 2.16. The van der Waals surface area contributed by atoms with Gasteiger partial charge in [0.1, 0.15) is 11.5 Å². The summed E-state index contributed by atoms with van der Waals surface area (Å²) in [5, 5.41) is 0. The number of amides is 2. The first-order valence-corrected chi connectivity index (χ1v) is 10.3. The molecule has 0 aliphatic rings. The molecule has 2 N–H and O–H groups in total. The van der Waals surface area contributed by atoms with E-state index in [1.165, 1.54) is 0 Å². The Bertz CT molecular complexity index is 1020. The fraction of sp³-hybridized carbons (Fsp3) is 0.130. The summed E-state index contributed by atoms with van der Waals surface area (Å²) in [6.07, 6.45) is -0.788. The Labute approximate surface area is 188 Å². The Kier molecular flexibility index (Phi) is 7.29. The number of carbonyl (C=O) groups excluding carboxylic acids is 2. The van der Waals surface area contributed by atoms with Crippen LogP contribution < -0.4 is 20.3 Å². The highest BCUT2D eigenvalue weighted by molar-refractivity contribution is 14.1. The normalized spacial score (nSPS) is 11.3. The van der Waals surface area contributed by atoms with Gasteiger partial charge in [-0.1, -0.05) is 42.5 Å². The summed E-state index contributed by atoms with van der Waals surface area (Å²) < 4.78 is 11.6. The number of halogens is 1.